The van der Waals surface area contributed by atoms with Gasteiger partial charge in [-0.15, -0.1) is 0 Å². The second-order valence-electron chi connectivity index (χ2n) is 14.6. The van der Waals surface area contributed by atoms with Gasteiger partial charge in [0.15, 0.2) is 5.03 Å². The minimum absolute atomic E-state index is 0.0375. The van der Waals surface area contributed by atoms with Crippen molar-refractivity contribution in [3.63, 3.8) is 0 Å². The Bertz CT molecular complexity index is 2840. The second-order valence-corrected chi connectivity index (χ2v) is 18.7. The minimum atomic E-state index is -3.95. The molecule has 15 heteroatoms. The highest BCUT2D eigenvalue weighted by Gasteiger charge is 2.29. The molecule has 1 aromatic heterocycles. The number of carbonyl (C=O) groups excluding carboxylic acids is 2. The third-order valence-electron chi connectivity index (χ3n) is 9.58. The number of aromatic nitrogens is 2. The van der Waals surface area contributed by atoms with Crippen molar-refractivity contribution in [2.24, 2.45) is 7.05 Å². The van der Waals surface area contributed by atoms with Crippen LogP contribution >= 0.6 is 11.6 Å². The van der Waals surface area contributed by atoms with Crippen molar-refractivity contribution in [1.29, 1.82) is 0 Å². The molecule has 2 N–H and O–H groups in total. The maximum atomic E-state index is 13.6. The highest BCUT2D eigenvalue weighted by molar-refractivity contribution is 7.93. The second kappa shape index (κ2) is 20.9. The Morgan fingerprint density at radius 1 is 0.603 bits per heavy atom. The van der Waals surface area contributed by atoms with Gasteiger partial charge in [-0.25, -0.2) is 8.42 Å². The van der Waals surface area contributed by atoms with E-state index in [1.807, 2.05) is 74.5 Å². The van der Waals surface area contributed by atoms with E-state index in [4.69, 9.17) is 11.6 Å². The largest absolute Gasteiger partial charge is 0.350 e. The minimum Gasteiger partial charge on any atom is -0.350 e. The van der Waals surface area contributed by atoms with Crippen LogP contribution in [0.5, 0.6) is 0 Å². The van der Waals surface area contributed by atoms with E-state index in [1.54, 1.807) is 110 Å². The third-order valence-corrected chi connectivity index (χ3v) is 13.5. The highest BCUT2D eigenvalue weighted by atomic mass is 35.5. The van der Waals surface area contributed by atoms with Crippen LogP contribution in [0.2, 0.25) is 5.02 Å². The number of hydrogen-bond acceptors (Lipinski definition) is 7. The van der Waals surface area contributed by atoms with Crippen LogP contribution in [0, 0.1) is 0 Å². The molecule has 0 aliphatic carbocycles. The first-order chi connectivity index (χ1) is 30.2. The third kappa shape index (κ3) is 12.0. The molecule has 0 saturated carbocycles. The molecule has 0 unspecified atom stereocenters. The highest BCUT2D eigenvalue weighted by Crippen LogP contribution is 2.29. The van der Waals surface area contributed by atoms with Gasteiger partial charge in [0.05, 0.1) is 35.6 Å². The summed E-state index contributed by atoms with van der Waals surface area (Å²) in [5.74, 6) is -0.534. The maximum absolute atomic E-state index is 13.6. The summed E-state index contributed by atoms with van der Waals surface area (Å²) in [6.45, 7) is 4.33. The Kier molecular flexibility index (Phi) is 15.2. The summed E-state index contributed by atoms with van der Waals surface area (Å²) in [6, 6.07) is 48.9. The molecule has 12 nitrogen and oxygen atoms in total. The molecule has 2 amide bonds. The number of hydrogen-bond donors (Lipinski definition) is 2. The van der Waals surface area contributed by atoms with Gasteiger partial charge in [0, 0.05) is 35.8 Å². The predicted molar refractivity (Wildman–Crippen MR) is 247 cm³/mol. The lowest BCUT2D eigenvalue weighted by atomic mass is 10.1. The summed E-state index contributed by atoms with van der Waals surface area (Å²) in [5, 5.41) is 10.3. The normalized spacial score (nSPS) is 11.3. The van der Waals surface area contributed by atoms with Gasteiger partial charge < -0.3 is 10.6 Å². The van der Waals surface area contributed by atoms with E-state index >= 15 is 0 Å². The molecule has 7 aromatic rings. The lowest BCUT2D eigenvalue weighted by Crippen LogP contribution is -2.33. The zero-order valence-corrected chi connectivity index (χ0v) is 37.3. The Morgan fingerprint density at radius 2 is 1.10 bits per heavy atom. The molecule has 0 atom stereocenters. The van der Waals surface area contributed by atoms with E-state index in [2.05, 4.69) is 15.7 Å². The number of nitrogens with one attached hydrogen (secondary N) is 2. The van der Waals surface area contributed by atoms with E-state index in [9.17, 15) is 26.4 Å². The SMILES string of the molecule is CC(C)NC(=O)c1cccc(N(Cc2ccc(Cl)cc2)S(=O)(=O)c2ccnn2C)c1.O=C(NCc1ccccc1)c1cccc(N(Cc2ccccc2)S(=O)(=O)c2ccccc2)c1. The van der Waals surface area contributed by atoms with Crippen LogP contribution in [0.4, 0.5) is 11.4 Å². The first-order valence-electron chi connectivity index (χ1n) is 19.9. The average molecular weight is 904 g/mol. The lowest BCUT2D eigenvalue weighted by Gasteiger charge is -2.25. The molecule has 324 valence electrons. The molecule has 0 aliphatic heterocycles. The summed E-state index contributed by atoms with van der Waals surface area (Å²) in [4.78, 5) is 25.4. The van der Waals surface area contributed by atoms with Gasteiger partial charge in [-0.2, -0.15) is 13.5 Å². The van der Waals surface area contributed by atoms with E-state index in [0.717, 1.165) is 16.7 Å². The van der Waals surface area contributed by atoms with Gasteiger partial charge in [0.1, 0.15) is 0 Å². The molecular weight excluding hydrogens is 856 g/mol. The number of nitrogens with zero attached hydrogens (tertiary/aromatic N) is 4. The summed E-state index contributed by atoms with van der Waals surface area (Å²) < 4.78 is 58.0. The standard InChI is InChI=1S/C27H24N2O3S.C21H23ClN4O3S/c30-27(28-20-22-11-4-1-5-12-22)24-15-10-16-25(19-24)29(21-23-13-6-2-7-14-23)33(31,32)26-17-8-3-9-18-26;1-15(2)24-21(27)17-5-4-6-19(13-17)26(14-16-7-9-18(22)10-8-16)30(28,29)20-11-12-23-25(20)3/h1-19H,20-21H2,(H,28,30);4-13,15H,14H2,1-3H3,(H,24,27). The Morgan fingerprint density at radius 3 is 1.62 bits per heavy atom. The monoisotopic (exact) mass is 902 g/mol. The quantitative estimate of drug-likeness (QED) is 0.105. The number of halogens is 1. The van der Waals surface area contributed by atoms with Crippen LogP contribution in [0.15, 0.2) is 186 Å². The number of carbonyl (C=O) groups is 2. The topological polar surface area (TPSA) is 151 Å². The maximum Gasteiger partial charge on any atom is 0.281 e. The molecule has 6 aromatic carbocycles. The molecule has 0 radical (unpaired) electrons. The van der Waals surface area contributed by atoms with Crippen LogP contribution in [0.1, 0.15) is 51.3 Å². The number of anilines is 2. The predicted octanol–water partition coefficient (Wildman–Crippen LogP) is 8.62. The lowest BCUT2D eigenvalue weighted by molar-refractivity contribution is 0.0938. The number of amides is 2. The van der Waals surface area contributed by atoms with Gasteiger partial charge in [-0.1, -0.05) is 115 Å². The number of benzene rings is 6. The van der Waals surface area contributed by atoms with Crippen molar-refractivity contribution in [3.8, 4) is 0 Å². The molecular formula is C48H47ClN6O6S2. The van der Waals surface area contributed by atoms with Crippen molar-refractivity contribution in [3.05, 3.63) is 209 Å². The first-order valence-corrected chi connectivity index (χ1v) is 23.2. The smallest absolute Gasteiger partial charge is 0.281 e. The van der Waals surface area contributed by atoms with Crippen LogP contribution in [-0.4, -0.2) is 44.5 Å². The van der Waals surface area contributed by atoms with Crippen molar-refractivity contribution >= 4 is 54.8 Å². The fourth-order valence-electron chi connectivity index (χ4n) is 6.41. The van der Waals surface area contributed by atoms with Crippen LogP contribution in [0.25, 0.3) is 0 Å². The van der Waals surface area contributed by atoms with Gasteiger partial charge in [-0.3, -0.25) is 22.9 Å². The Hall–Kier alpha value is -6.74. The van der Waals surface area contributed by atoms with Gasteiger partial charge in [0.2, 0.25) is 0 Å². The van der Waals surface area contributed by atoms with Crippen molar-refractivity contribution in [2.75, 3.05) is 8.61 Å². The number of aryl methyl sites for hydroxylation is 1. The van der Waals surface area contributed by atoms with E-state index in [1.165, 1.54) is 25.6 Å². The molecule has 0 aliphatic rings. The van der Waals surface area contributed by atoms with Crippen molar-refractivity contribution in [1.82, 2.24) is 20.4 Å². The first kappa shape index (κ1) is 45.8. The molecule has 0 saturated heterocycles. The summed E-state index contributed by atoms with van der Waals surface area (Å²) in [7, 11) is -6.23. The number of sulfonamides is 2. The zero-order valence-electron chi connectivity index (χ0n) is 34.9. The summed E-state index contributed by atoms with van der Waals surface area (Å²) in [6.07, 6.45) is 1.43. The summed E-state index contributed by atoms with van der Waals surface area (Å²) in [5.41, 5.74) is 4.15. The molecule has 63 heavy (non-hydrogen) atoms. The molecule has 0 spiro atoms. The van der Waals surface area contributed by atoms with E-state index in [-0.39, 0.29) is 40.9 Å². The molecule has 1 heterocycles. The van der Waals surface area contributed by atoms with Crippen molar-refractivity contribution in [2.45, 2.75) is 49.4 Å². The van der Waals surface area contributed by atoms with Crippen LogP contribution in [-0.2, 0) is 46.7 Å². The fourth-order valence-corrected chi connectivity index (χ4v) is 9.55. The van der Waals surface area contributed by atoms with Crippen LogP contribution in [0.3, 0.4) is 0 Å². The molecule has 7 rings (SSSR count). The molecule has 0 bridgehead atoms. The number of rotatable bonds is 15. The summed E-state index contributed by atoms with van der Waals surface area (Å²) >= 11 is 5.97. The Balaban J connectivity index is 0.000000211. The van der Waals surface area contributed by atoms with Crippen LogP contribution < -0.4 is 19.2 Å². The van der Waals surface area contributed by atoms with E-state index < -0.39 is 20.0 Å². The van der Waals surface area contributed by atoms with Gasteiger partial charge >= 0.3 is 0 Å². The van der Waals surface area contributed by atoms with E-state index in [0.29, 0.717) is 34.1 Å². The fraction of sp³-hybridized carbons (Fsp3) is 0.146. The van der Waals surface area contributed by atoms with Gasteiger partial charge in [0.25, 0.3) is 31.9 Å². The Labute approximate surface area is 373 Å². The average Bonchev–Trinajstić information content (AvgIpc) is 3.75. The van der Waals surface area contributed by atoms with Crippen molar-refractivity contribution < 1.29 is 26.4 Å². The van der Waals surface area contributed by atoms with Gasteiger partial charge in [-0.05, 0) is 97.3 Å². The zero-order chi connectivity index (χ0) is 45.0. The molecule has 0 fully saturated rings.